The van der Waals surface area contributed by atoms with Crippen molar-refractivity contribution in [2.45, 2.75) is 25.8 Å². The molecule has 3 aromatic carbocycles. The number of hydrogen-bond donors (Lipinski definition) is 2. The van der Waals surface area contributed by atoms with Gasteiger partial charge in [0.1, 0.15) is 11.9 Å². The van der Waals surface area contributed by atoms with E-state index in [1.54, 1.807) is 36.4 Å². The molecule has 0 spiro atoms. The van der Waals surface area contributed by atoms with Gasteiger partial charge in [-0.05, 0) is 65.9 Å². The third kappa shape index (κ3) is 7.01. The van der Waals surface area contributed by atoms with E-state index in [2.05, 4.69) is 29.3 Å². The summed E-state index contributed by atoms with van der Waals surface area (Å²) in [5.41, 5.74) is 2.05. The number of aryl methyl sites for hydroxylation is 1. The Morgan fingerprint density at radius 1 is 1.00 bits per heavy atom. The number of nitrogens with one attached hydrogen (secondary N) is 2. The maximum Gasteiger partial charge on any atom is 0.252 e. The Kier molecular flexibility index (Phi) is 8.92. The third-order valence-corrected chi connectivity index (χ3v) is 5.37. The van der Waals surface area contributed by atoms with Crippen molar-refractivity contribution in [2.24, 2.45) is 0 Å². The van der Waals surface area contributed by atoms with E-state index in [1.807, 2.05) is 37.3 Å². The van der Waals surface area contributed by atoms with Gasteiger partial charge in [-0.2, -0.15) is 0 Å². The molecule has 0 unspecified atom stereocenters. The van der Waals surface area contributed by atoms with E-state index >= 15 is 0 Å². The molecule has 3 rings (SSSR count). The largest absolute Gasteiger partial charge is 0.354 e. The summed E-state index contributed by atoms with van der Waals surface area (Å²) in [6, 6.07) is 18.5. The average Bonchev–Trinajstić information content (AvgIpc) is 2.85. The predicted molar refractivity (Wildman–Crippen MR) is 136 cm³/mol. The number of hydrogen-bond acceptors (Lipinski definition) is 2. The van der Waals surface area contributed by atoms with Crippen LogP contribution in [0.4, 0.5) is 4.39 Å². The zero-order valence-corrected chi connectivity index (χ0v) is 19.3. The van der Waals surface area contributed by atoms with E-state index in [4.69, 9.17) is 0 Å². The fraction of sp³-hybridized carbons (Fsp3) is 0.172. The van der Waals surface area contributed by atoms with E-state index in [0.29, 0.717) is 23.1 Å². The van der Waals surface area contributed by atoms with Gasteiger partial charge in [0.2, 0.25) is 5.91 Å². The number of carbonyl (C=O) groups is 2. The number of amides is 2. The minimum atomic E-state index is -0.922. The van der Waals surface area contributed by atoms with E-state index in [0.717, 1.165) is 18.2 Å². The van der Waals surface area contributed by atoms with E-state index in [1.165, 1.54) is 17.7 Å². The van der Waals surface area contributed by atoms with Gasteiger partial charge in [0.25, 0.3) is 5.91 Å². The smallest absolute Gasteiger partial charge is 0.252 e. The SMILES string of the molecule is C=C(/C=C\C=C/C)[C@H](NC(=O)c1ccc2cc(F)ccc2c1)C(=O)NCCCc1ccccc1. The molecular formula is C29H29FN2O2. The van der Waals surface area contributed by atoms with Gasteiger partial charge in [-0.3, -0.25) is 9.59 Å². The second-order valence-electron chi connectivity index (χ2n) is 7.95. The van der Waals surface area contributed by atoms with E-state index in [-0.39, 0.29) is 11.7 Å². The summed E-state index contributed by atoms with van der Waals surface area (Å²) in [5.74, 6) is -1.06. The van der Waals surface area contributed by atoms with Crippen LogP contribution in [0.1, 0.15) is 29.3 Å². The average molecular weight is 457 g/mol. The van der Waals surface area contributed by atoms with Crippen molar-refractivity contribution >= 4 is 22.6 Å². The molecule has 0 aliphatic heterocycles. The van der Waals surface area contributed by atoms with Crippen molar-refractivity contribution in [3.8, 4) is 0 Å². The van der Waals surface area contributed by atoms with Crippen LogP contribution < -0.4 is 10.6 Å². The first-order valence-corrected chi connectivity index (χ1v) is 11.3. The first-order valence-electron chi connectivity index (χ1n) is 11.3. The summed E-state index contributed by atoms with van der Waals surface area (Å²) in [6.07, 6.45) is 8.78. The molecular weight excluding hydrogens is 427 g/mol. The first-order chi connectivity index (χ1) is 16.5. The molecule has 2 N–H and O–H groups in total. The molecule has 0 saturated heterocycles. The Hall–Kier alpha value is -3.99. The van der Waals surface area contributed by atoms with Crippen LogP contribution in [0.5, 0.6) is 0 Å². The summed E-state index contributed by atoms with van der Waals surface area (Å²) in [5, 5.41) is 7.14. The third-order valence-electron chi connectivity index (χ3n) is 5.37. The highest BCUT2D eigenvalue weighted by molar-refractivity contribution is 6.01. The van der Waals surface area contributed by atoms with Crippen molar-refractivity contribution < 1.29 is 14.0 Å². The van der Waals surface area contributed by atoms with Gasteiger partial charge < -0.3 is 10.6 Å². The molecule has 0 saturated carbocycles. The highest BCUT2D eigenvalue weighted by Gasteiger charge is 2.23. The van der Waals surface area contributed by atoms with Crippen molar-refractivity contribution in [3.63, 3.8) is 0 Å². The standard InChI is InChI=1S/C29H29FN2O2/c1-3-4-6-10-21(2)27(29(34)31-18-9-13-22-11-7-5-8-12-22)32-28(33)25-15-14-24-20-26(30)17-16-23(24)19-25/h3-8,10-12,14-17,19-20,27H,2,9,13,18H2,1H3,(H,31,34)(H,32,33)/b4-3-,10-6-/t27-/m0/s1. The molecule has 1 atom stereocenters. The van der Waals surface area contributed by atoms with Crippen molar-refractivity contribution in [3.05, 3.63) is 120 Å². The minimum Gasteiger partial charge on any atom is -0.354 e. The topological polar surface area (TPSA) is 58.2 Å². The fourth-order valence-electron chi connectivity index (χ4n) is 3.54. The normalized spacial score (nSPS) is 12.2. The van der Waals surface area contributed by atoms with E-state index in [9.17, 15) is 14.0 Å². The van der Waals surface area contributed by atoms with Crippen molar-refractivity contribution in [1.82, 2.24) is 10.6 Å². The van der Waals surface area contributed by atoms with Crippen LogP contribution in [0.25, 0.3) is 10.8 Å². The lowest BCUT2D eigenvalue weighted by molar-refractivity contribution is -0.122. The first kappa shape index (κ1) is 24.6. The monoisotopic (exact) mass is 456 g/mol. The fourth-order valence-corrected chi connectivity index (χ4v) is 3.54. The van der Waals surface area contributed by atoms with Crippen LogP contribution in [0.2, 0.25) is 0 Å². The van der Waals surface area contributed by atoms with Crippen LogP contribution in [-0.4, -0.2) is 24.4 Å². The molecule has 34 heavy (non-hydrogen) atoms. The number of carbonyl (C=O) groups excluding carboxylic acids is 2. The molecule has 3 aromatic rings. The van der Waals surface area contributed by atoms with Gasteiger partial charge >= 0.3 is 0 Å². The predicted octanol–water partition coefficient (Wildman–Crippen LogP) is 5.51. The van der Waals surface area contributed by atoms with Crippen molar-refractivity contribution in [1.29, 1.82) is 0 Å². The lowest BCUT2D eigenvalue weighted by Gasteiger charge is -2.19. The van der Waals surface area contributed by atoms with Gasteiger partial charge in [-0.15, -0.1) is 0 Å². The molecule has 0 heterocycles. The van der Waals surface area contributed by atoms with Crippen LogP contribution in [0.15, 0.2) is 103 Å². The molecule has 0 aliphatic carbocycles. The highest BCUT2D eigenvalue weighted by Crippen LogP contribution is 2.18. The molecule has 5 heteroatoms. The highest BCUT2D eigenvalue weighted by atomic mass is 19.1. The van der Waals surface area contributed by atoms with Gasteiger partial charge in [0.15, 0.2) is 0 Å². The number of fused-ring (bicyclic) bond motifs is 1. The lowest BCUT2D eigenvalue weighted by Crippen LogP contribution is -2.47. The lowest BCUT2D eigenvalue weighted by atomic mass is 10.0. The maximum absolute atomic E-state index is 13.5. The Morgan fingerprint density at radius 2 is 1.74 bits per heavy atom. The zero-order valence-electron chi connectivity index (χ0n) is 19.3. The summed E-state index contributed by atoms with van der Waals surface area (Å²) in [6.45, 7) is 6.36. The summed E-state index contributed by atoms with van der Waals surface area (Å²) >= 11 is 0. The minimum absolute atomic E-state index is 0.320. The Morgan fingerprint density at radius 3 is 2.50 bits per heavy atom. The second-order valence-corrected chi connectivity index (χ2v) is 7.95. The van der Waals surface area contributed by atoms with Gasteiger partial charge in [-0.1, -0.05) is 73.3 Å². The number of allylic oxidation sites excluding steroid dienone is 3. The van der Waals surface area contributed by atoms with Gasteiger partial charge in [0, 0.05) is 12.1 Å². The van der Waals surface area contributed by atoms with Gasteiger partial charge in [0.05, 0.1) is 0 Å². The summed E-state index contributed by atoms with van der Waals surface area (Å²) < 4.78 is 13.5. The molecule has 4 nitrogen and oxygen atoms in total. The molecule has 0 fully saturated rings. The Labute approximate surface area is 199 Å². The molecule has 0 bridgehead atoms. The number of benzene rings is 3. The molecule has 174 valence electrons. The Balaban J connectivity index is 1.68. The number of halogens is 1. The van der Waals surface area contributed by atoms with Crippen LogP contribution in [0, 0.1) is 5.82 Å². The number of rotatable bonds is 10. The summed E-state index contributed by atoms with van der Waals surface area (Å²) in [7, 11) is 0. The second kappa shape index (κ2) is 12.3. The summed E-state index contributed by atoms with van der Waals surface area (Å²) in [4.78, 5) is 25.9. The van der Waals surface area contributed by atoms with Gasteiger partial charge in [-0.25, -0.2) is 4.39 Å². The molecule has 0 radical (unpaired) electrons. The molecule has 0 aromatic heterocycles. The zero-order chi connectivity index (χ0) is 24.3. The molecule has 2 amide bonds. The quantitative estimate of drug-likeness (QED) is 0.312. The van der Waals surface area contributed by atoms with Crippen LogP contribution in [-0.2, 0) is 11.2 Å². The molecule has 0 aliphatic rings. The van der Waals surface area contributed by atoms with Crippen LogP contribution >= 0.6 is 0 Å². The van der Waals surface area contributed by atoms with Crippen LogP contribution in [0.3, 0.4) is 0 Å². The van der Waals surface area contributed by atoms with Crippen molar-refractivity contribution in [2.75, 3.05) is 6.54 Å². The maximum atomic E-state index is 13.5. The van der Waals surface area contributed by atoms with E-state index < -0.39 is 11.9 Å². The Bertz CT molecular complexity index is 1220.